The van der Waals surface area contributed by atoms with Crippen molar-refractivity contribution in [1.29, 1.82) is 5.26 Å². The summed E-state index contributed by atoms with van der Waals surface area (Å²) in [6, 6.07) is 11.8. The highest BCUT2D eigenvalue weighted by Crippen LogP contribution is 2.44. The number of carboxylic acids is 1. The van der Waals surface area contributed by atoms with E-state index in [4.69, 9.17) is 25.2 Å². The Labute approximate surface area is 211 Å². The van der Waals surface area contributed by atoms with Crippen molar-refractivity contribution in [1.82, 2.24) is 0 Å². The molecule has 4 rings (SSSR count). The summed E-state index contributed by atoms with van der Waals surface area (Å²) in [6.45, 7) is 0.583. The number of fused-ring (bicyclic) bond motifs is 1. The summed E-state index contributed by atoms with van der Waals surface area (Å²) in [5.74, 6) is -1.68. The molecule has 12 heteroatoms. The molecule has 2 aromatic carbocycles. The lowest BCUT2D eigenvalue weighted by molar-refractivity contribution is -0.361. The van der Waals surface area contributed by atoms with Gasteiger partial charge in [0.05, 0.1) is 38.2 Å². The SMILES string of the molecule is COc1cc(C(Nc2ccc(C#N)cc2)/C(N)=N/Nc2[nH+]cccc2C(=O)O)c(F)c2c1OCCCO2. The van der Waals surface area contributed by atoms with E-state index < -0.39 is 17.8 Å². The van der Waals surface area contributed by atoms with Crippen molar-refractivity contribution in [2.75, 3.05) is 31.1 Å². The molecular weight excluding hydrogens is 483 g/mol. The number of methoxy groups -OCH3 is 1. The van der Waals surface area contributed by atoms with E-state index in [9.17, 15) is 9.90 Å². The number of rotatable bonds is 8. The van der Waals surface area contributed by atoms with Gasteiger partial charge >= 0.3 is 11.8 Å². The Morgan fingerprint density at radius 1 is 1.27 bits per heavy atom. The van der Waals surface area contributed by atoms with Crippen molar-refractivity contribution >= 4 is 23.3 Å². The minimum absolute atomic E-state index is 0.0454. The number of benzene rings is 2. The molecule has 0 saturated carbocycles. The Kier molecular flexibility index (Phi) is 7.53. The molecule has 0 bridgehead atoms. The number of ether oxygens (including phenoxy) is 3. The van der Waals surface area contributed by atoms with Gasteiger partial charge in [-0.25, -0.2) is 14.2 Å². The molecule has 1 aliphatic heterocycles. The number of anilines is 2. The van der Waals surface area contributed by atoms with Gasteiger partial charge in [0, 0.05) is 17.7 Å². The van der Waals surface area contributed by atoms with Crippen LogP contribution in [0.5, 0.6) is 17.2 Å². The number of carboxylic acid groups (broad SMARTS) is 1. The molecule has 0 radical (unpaired) electrons. The second-order valence-electron chi connectivity index (χ2n) is 7.87. The summed E-state index contributed by atoms with van der Waals surface area (Å²) >= 11 is 0. The number of halogens is 1. The lowest BCUT2D eigenvalue weighted by atomic mass is 10.0. The van der Waals surface area contributed by atoms with Gasteiger partial charge in [0.1, 0.15) is 6.04 Å². The Hall–Kier alpha value is -5.05. The normalized spacial score (nSPS) is 13.6. The topological polar surface area (TPSA) is 165 Å². The van der Waals surface area contributed by atoms with E-state index in [1.165, 1.54) is 31.5 Å². The highest BCUT2D eigenvalue weighted by atomic mass is 19.1. The van der Waals surface area contributed by atoms with Gasteiger partial charge in [-0.05, 0) is 42.5 Å². The Morgan fingerprint density at radius 2 is 2.00 bits per heavy atom. The lowest BCUT2D eigenvalue weighted by Gasteiger charge is -2.22. The summed E-state index contributed by atoms with van der Waals surface area (Å²) in [5, 5.41) is 25.8. The minimum atomic E-state index is -1.18. The average molecular weight is 508 g/mol. The van der Waals surface area contributed by atoms with E-state index in [1.807, 2.05) is 6.07 Å². The number of hydrogen-bond acceptors (Lipinski definition) is 8. The zero-order valence-corrected chi connectivity index (χ0v) is 19.7. The summed E-state index contributed by atoms with van der Waals surface area (Å²) in [5.41, 5.74) is 9.86. The molecule has 0 saturated heterocycles. The van der Waals surface area contributed by atoms with Crippen LogP contribution in [0.2, 0.25) is 0 Å². The van der Waals surface area contributed by atoms with E-state index in [0.717, 1.165) is 0 Å². The molecular formula is C25H24FN6O5+. The fourth-order valence-corrected chi connectivity index (χ4v) is 3.66. The van der Waals surface area contributed by atoms with E-state index in [0.29, 0.717) is 24.3 Å². The van der Waals surface area contributed by atoms with Gasteiger partial charge in [-0.15, -0.1) is 5.43 Å². The number of aromatic carboxylic acids is 1. The average Bonchev–Trinajstić information content (AvgIpc) is 3.18. The maximum atomic E-state index is 15.9. The number of aromatic amines is 1. The Bertz CT molecular complexity index is 1370. The minimum Gasteiger partial charge on any atom is -0.493 e. The largest absolute Gasteiger partial charge is 0.493 e. The van der Waals surface area contributed by atoms with Gasteiger partial charge < -0.3 is 30.4 Å². The number of hydrogen-bond donors (Lipinski definition) is 4. The Morgan fingerprint density at radius 3 is 2.68 bits per heavy atom. The molecule has 1 atom stereocenters. The molecule has 1 aliphatic rings. The van der Waals surface area contributed by atoms with Crippen molar-refractivity contribution in [2.45, 2.75) is 12.5 Å². The molecule has 37 heavy (non-hydrogen) atoms. The first-order valence-electron chi connectivity index (χ1n) is 11.2. The number of pyridine rings is 1. The molecule has 0 aliphatic carbocycles. The van der Waals surface area contributed by atoms with Gasteiger partial charge in [-0.3, -0.25) is 0 Å². The maximum absolute atomic E-state index is 15.9. The number of nitrogens with one attached hydrogen (secondary N) is 3. The van der Waals surface area contributed by atoms with E-state index in [2.05, 4.69) is 20.8 Å². The predicted molar refractivity (Wildman–Crippen MR) is 131 cm³/mol. The van der Waals surface area contributed by atoms with Crippen molar-refractivity contribution in [2.24, 2.45) is 10.8 Å². The number of carbonyl (C=O) groups is 1. The molecule has 1 unspecified atom stereocenters. The second kappa shape index (κ2) is 11.1. The third-order valence-electron chi connectivity index (χ3n) is 5.49. The van der Waals surface area contributed by atoms with Crippen LogP contribution < -0.4 is 35.7 Å². The number of amidine groups is 1. The fraction of sp³-hybridized carbons (Fsp3) is 0.200. The van der Waals surface area contributed by atoms with Gasteiger partial charge in [0.2, 0.25) is 11.5 Å². The molecule has 3 aromatic rings. The molecule has 2 heterocycles. The molecule has 11 nitrogen and oxygen atoms in total. The van der Waals surface area contributed by atoms with E-state index in [1.54, 1.807) is 24.3 Å². The molecule has 6 N–H and O–H groups in total. The second-order valence-corrected chi connectivity index (χ2v) is 7.87. The Balaban J connectivity index is 1.78. The molecule has 0 amide bonds. The third kappa shape index (κ3) is 5.46. The van der Waals surface area contributed by atoms with Crippen LogP contribution in [0.3, 0.4) is 0 Å². The van der Waals surface area contributed by atoms with Crippen molar-refractivity contribution in [3.8, 4) is 23.3 Å². The standard InChI is InChI=1S/C25H23FN6O5/c1-35-18-12-17(19(26)22-21(18)36-10-3-11-37-22)20(30-15-7-5-14(13-27)6-8-15)23(28)31-32-24-16(25(33)34)4-2-9-29-24/h2,4-9,12,20,30H,3,10-11H2,1H3,(H2,28,31)(H,29,32)(H,33,34)/p+1. The summed E-state index contributed by atoms with van der Waals surface area (Å²) < 4.78 is 32.6. The van der Waals surface area contributed by atoms with Crippen molar-refractivity contribution < 1.29 is 33.5 Å². The monoisotopic (exact) mass is 507 g/mol. The van der Waals surface area contributed by atoms with Gasteiger partial charge in [0.15, 0.2) is 23.0 Å². The van der Waals surface area contributed by atoms with E-state index >= 15 is 4.39 Å². The lowest BCUT2D eigenvalue weighted by Crippen LogP contribution is -2.30. The van der Waals surface area contributed by atoms with Gasteiger partial charge in [0.25, 0.3) is 0 Å². The highest BCUT2D eigenvalue weighted by molar-refractivity contribution is 5.93. The summed E-state index contributed by atoms with van der Waals surface area (Å²) in [4.78, 5) is 14.3. The van der Waals surface area contributed by atoms with Crippen LogP contribution in [0.4, 0.5) is 15.9 Å². The number of nitrogens with two attached hydrogens (primary N) is 1. The fourth-order valence-electron chi connectivity index (χ4n) is 3.66. The molecule has 0 fully saturated rings. The van der Waals surface area contributed by atoms with Crippen LogP contribution in [0, 0.1) is 17.1 Å². The van der Waals surface area contributed by atoms with Crippen LogP contribution in [0.15, 0.2) is 53.8 Å². The molecule has 1 aromatic heterocycles. The van der Waals surface area contributed by atoms with Crippen molar-refractivity contribution in [3.63, 3.8) is 0 Å². The van der Waals surface area contributed by atoms with Crippen LogP contribution >= 0.6 is 0 Å². The molecule has 190 valence electrons. The first kappa shape index (κ1) is 25.1. The zero-order chi connectivity index (χ0) is 26.4. The number of nitrogens with zero attached hydrogens (tertiary/aromatic N) is 2. The van der Waals surface area contributed by atoms with Crippen LogP contribution in [-0.2, 0) is 0 Å². The van der Waals surface area contributed by atoms with Gasteiger partial charge in [-0.1, -0.05) is 5.10 Å². The number of aromatic nitrogens is 1. The third-order valence-corrected chi connectivity index (χ3v) is 5.49. The van der Waals surface area contributed by atoms with Crippen molar-refractivity contribution in [3.05, 3.63) is 71.2 Å². The first-order valence-corrected chi connectivity index (χ1v) is 11.2. The van der Waals surface area contributed by atoms with Gasteiger partial charge in [-0.2, -0.15) is 5.26 Å². The van der Waals surface area contributed by atoms with E-state index in [-0.39, 0.29) is 46.6 Å². The number of hydrazone groups is 1. The van der Waals surface area contributed by atoms with Crippen LogP contribution in [-0.4, -0.2) is 37.2 Å². The summed E-state index contributed by atoms with van der Waals surface area (Å²) in [6.07, 6.45) is 2.08. The predicted octanol–water partition coefficient (Wildman–Crippen LogP) is 2.92. The number of nitriles is 1. The smallest absolute Gasteiger partial charge is 0.344 e. The quantitative estimate of drug-likeness (QED) is 0.204. The first-order chi connectivity index (χ1) is 17.9. The number of H-pyrrole nitrogens is 1. The molecule has 0 spiro atoms. The zero-order valence-electron chi connectivity index (χ0n) is 19.7. The van der Waals surface area contributed by atoms with Crippen LogP contribution in [0.25, 0.3) is 0 Å². The highest BCUT2D eigenvalue weighted by Gasteiger charge is 2.30. The summed E-state index contributed by atoms with van der Waals surface area (Å²) in [7, 11) is 1.42. The maximum Gasteiger partial charge on any atom is 0.344 e. The van der Waals surface area contributed by atoms with Crippen LogP contribution in [0.1, 0.15) is 33.9 Å².